The number of benzene rings is 5. The summed E-state index contributed by atoms with van der Waals surface area (Å²) in [5, 5.41) is 4.94. The first-order chi connectivity index (χ1) is 19.4. The molecule has 2 aromatic heterocycles. The van der Waals surface area contributed by atoms with Crippen molar-refractivity contribution in [2.24, 2.45) is 0 Å². The molecule has 40 heavy (non-hydrogen) atoms. The molecule has 0 aliphatic heterocycles. The van der Waals surface area contributed by atoms with Crippen molar-refractivity contribution >= 4 is 43.4 Å². The van der Waals surface area contributed by atoms with E-state index >= 15 is 0 Å². The number of aromatic nitrogens is 2. The highest BCUT2D eigenvalue weighted by Gasteiger charge is 2.24. The molecular formula is C36H30N2O2. The van der Waals surface area contributed by atoms with Crippen molar-refractivity contribution in [2.45, 2.75) is 39.5 Å². The summed E-state index contributed by atoms with van der Waals surface area (Å²) < 4.78 is 3.67. The molecule has 0 aliphatic rings. The van der Waals surface area contributed by atoms with Gasteiger partial charge in [-0.1, -0.05) is 88.4 Å². The molecule has 0 N–H and O–H groups in total. The maximum Gasteiger partial charge on any atom is 0.266 e. The highest BCUT2D eigenvalue weighted by Crippen LogP contribution is 2.39. The minimum atomic E-state index is -0.263. The van der Waals surface area contributed by atoms with Crippen molar-refractivity contribution in [3.63, 3.8) is 0 Å². The topological polar surface area (TPSA) is 44.0 Å². The van der Waals surface area contributed by atoms with Crippen LogP contribution in [0.1, 0.15) is 50.7 Å². The second-order valence-corrected chi connectivity index (χ2v) is 11.3. The summed E-state index contributed by atoms with van der Waals surface area (Å²) in [4.78, 5) is 28.8. The van der Waals surface area contributed by atoms with E-state index in [2.05, 4.69) is 62.6 Å². The van der Waals surface area contributed by atoms with Crippen LogP contribution >= 0.6 is 0 Å². The first kappa shape index (κ1) is 24.3. The van der Waals surface area contributed by atoms with E-state index in [9.17, 15) is 9.59 Å². The first-order valence-corrected chi connectivity index (χ1v) is 13.9. The van der Waals surface area contributed by atoms with Gasteiger partial charge in [-0.25, -0.2) is 4.57 Å². The molecule has 2 heterocycles. The fraction of sp³-hybridized carbons (Fsp3) is 0.167. The number of nitrogens with zero attached hydrogens (tertiary/aromatic N) is 2. The molecule has 4 heteroatoms. The van der Waals surface area contributed by atoms with Crippen molar-refractivity contribution in [2.75, 3.05) is 0 Å². The van der Waals surface area contributed by atoms with Crippen molar-refractivity contribution in [1.82, 2.24) is 9.13 Å². The Bertz CT molecular complexity index is 2140. The van der Waals surface area contributed by atoms with Crippen LogP contribution < -0.4 is 11.1 Å². The Labute approximate surface area is 232 Å². The minimum absolute atomic E-state index is 0.155. The molecule has 0 amide bonds. The Hall–Kier alpha value is -4.70. The van der Waals surface area contributed by atoms with Crippen molar-refractivity contribution < 1.29 is 0 Å². The van der Waals surface area contributed by atoms with Crippen LogP contribution in [0.5, 0.6) is 0 Å². The fourth-order valence-electron chi connectivity index (χ4n) is 6.43. The van der Waals surface area contributed by atoms with Crippen LogP contribution in [-0.2, 0) is 0 Å². The molecule has 0 saturated carbocycles. The SMILES string of the molecule is CC(C)c1cccc(C(C)C)c1-n1c(=O)c2ccc3c4ccccc4n(-c4ccccc4)c4ccc(c1=O)c2c34. The van der Waals surface area contributed by atoms with Gasteiger partial charge in [0, 0.05) is 32.6 Å². The van der Waals surface area contributed by atoms with Crippen LogP contribution in [0.3, 0.4) is 0 Å². The van der Waals surface area contributed by atoms with E-state index in [1.165, 1.54) is 4.57 Å². The van der Waals surface area contributed by atoms with Crippen LogP contribution in [0.4, 0.5) is 0 Å². The molecule has 4 nitrogen and oxygen atoms in total. The van der Waals surface area contributed by atoms with Gasteiger partial charge in [-0.05, 0) is 64.7 Å². The van der Waals surface area contributed by atoms with Crippen LogP contribution in [0.25, 0.3) is 54.7 Å². The van der Waals surface area contributed by atoms with E-state index in [1.807, 2.05) is 66.7 Å². The zero-order chi connectivity index (χ0) is 27.7. The molecule has 0 fully saturated rings. The summed E-state index contributed by atoms with van der Waals surface area (Å²) in [5.41, 5.74) is 5.30. The van der Waals surface area contributed by atoms with E-state index in [-0.39, 0.29) is 23.0 Å². The predicted molar refractivity (Wildman–Crippen MR) is 167 cm³/mol. The summed E-state index contributed by atoms with van der Waals surface area (Å²) in [7, 11) is 0. The van der Waals surface area contributed by atoms with Crippen LogP contribution in [0.2, 0.25) is 0 Å². The third kappa shape index (κ3) is 3.32. The molecule has 196 valence electrons. The lowest BCUT2D eigenvalue weighted by atomic mass is 9.91. The van der Waals surface area contributed by atoms with Gasteiger partial charge < -0.3 is 4.57 Å². The first-order valence-electron chi connectivity index (χ1n) is 13.9. The average Bonchev–Trinajstić information content (AvgIpc) is 2.97. The quantitative estimate of drug-likeness (QED) is 0.172. The molecule has 0 saturated heterocycles. The molecule has 0 atom stereocenters. The third-order valence-electron chi connectivity index (χ3n) is 8.26. The van der Waals surface area contributed by atoms with Gasteiger partial charge in [0.05, 0.1) is 16.7 Å². The maximum atomic E-state index is 14.4. The lowest BCUT2D eigenvalue weighted by molar-refractivity contribution is 0.793. The summed E-state index contributed by atoms with van der Waals surface area (Å²) in [6, 6.07) is 32.6. The van der Waals surface area contributed by atoms with Crippen LogP contribution in [-0.4, -0.2) is 9.13 Å². The molecule has 0 bridgehead atoms. The summed E-state index contributed by atoms with van der Waals surface area (Å²) in [5.74, 6) is 0.309. The molecule has 0 aliphatic carbocycles. The third-order valence-corrected chi connectivity index (χ3v) is 8.26. The largest absolute Gasteiger partial charge is 0.309 e. The number of para-hydroxylation sites is 3. The van der Waals surface area contributed by atoms with Gasteiger partial charge in [0.15, 0.2) is 0 Å². The molecule has 7 rings (SSSR count). The van der Waals surface area contributed by atoms with Crippen molar-refractivity contribution in [1.29, 1.82) is 0 Å². The second kappa shape index (κ2) is 8.92. The van der Waals surface area contributed by atoms with Gasteiger partial charge in [-0.2, -0.15) is 0 Å². The van der Waals surface area contributed by atoms with Gasteiger partial charge in [0.1, 0.15) is 0 Å². The predicted octanol–water partition coefficient (Wildman–Crippen LogP) is 8.29. The lowest BCUT2D eigenvalue weighted by Crippen LogP contribution is -2.33. The standard InChI is InChI=1S/C36H30N2O2/c1-21(2)24-14-10-15-25(22(3)4)34(24)38-35(39)28-18-17-27-26-13-8-9-16-30(26)37(23-11-6-5-7-12-23)31-20-19-29(36(38)40)32(28)33(27)31/h5-22H,1-4H3. The molecule has 7 aromatic rings. The number of hydrogen-bond donors (Lipinski definition) is 0. The molecular weight excluding hydrogens is 492 g/mol. The summed E-state index contributed by atoms with van der Waals surface area (Å²) in [6.45, 7) is 8.43. The Kier molecular flexibility index (Phi) is 5.43. The van der Waals surface area contributed by atoms with Gasteiger partial charge >= 0.3 is 0 Å². The summed E-state index contributed by atoms with van der Waals surface area (Å²) in [6.07, 6.45) is 0. The Morgan fingerprint density at radius 2 is 1.05 bits per heavy atom. The highest BCUT2D eigenvalue weighted by molar-refractivity contribution is 6.27. The average molecular weight is 523 g/mol. The number of pyridine rings is 2. The summed E-state index contributed by atoms with van der Waals surface area (Å²) >= 11 is 0. The fourth-order valence-corrected chi connectivity index (χ4v) is 6.43. The van der Waals surface area contributed by atoms with E-state index in [4.69, 9.17) is 0 Å². The molecule has 0 spiro atoms. The van der Waals surface area contributed by atoms with E-state index in [0.717, 1.165) is 55.1 Å². The number of hydrogen-bond acceptors (Lipinski definition) is 2. The normalized spacial score (nSPS) is 12.2. The van der Waals surface area contributed by atoms with Crippen molar-refractivity contribution in [3.8, 4) is 11.4 Å². The van der Waals surface area contributed by atoms with E-state index in [1.54, 1.807) is 0 Å². The molecule has 0 radical (unpaired) electrons. The smallest absolute Gasteiger partial charge is 0.266 e. The number of fused-ring (bicyclic) bond motifs is 2. The Morgan fingerprint density at radius 3 is 1.70 bits per heavy atom. The number of rotatable bonds is 4. The maximum absolute atomic E-state index is 14.4. The van der Waals surface area contributed by atoms with Crippen LogP contribution in [0, 0.1) is 0 Å². The lowest BCUT2D eigenvalue weighted by Gasteiger charge is -2.23. The van der Waals surface area contributed by atoms with Gasteiger partial charge in [0.2, 0.25) is 0 Å². The van der Waals surface area contributed by atoms with Gasteiger partial charge in [0.25, 0.3) is 11.1 Å². The zero-order valence-electron chi connectivity index (χ0n) is 23.1. The molecule has 0 unspecified atom stereocenters. The second-order valence-electron chi connectivity index (χ2n) is 11.3. The molecule has 5 aromatic carbocycles. The zero-order valence-corrected chi connectivity index (χ0v) is 23.1. The monoisotopic (exact) mass is 522 g/mol. The van der Waals surface area contributed by atoms with E-state index in [0.29, 0.717) is 10.8 Å². The minimum Gasteiger partial charge on any atom is -0.309 e. The van der Waals surface area contributed by atoms with Gasteiger partial charge in [-0.15, -0.1) is 0 Å². The Balaban J connectivity index is 1.70. The van der Waals surface area contributed by atoms with Crippen molar-refractivity contribution in [3.05, 3.63) is 129 Å². The highest BCUT2D eigenvalue weighted by atomic mass is 16.2. The Morgan fingerprint density at radius 1 is 0.475 bits per heavy atom. The van der Waals surface area contributed by atoms with Crippen LogP contribution in [0.15, 0.2) is 107 Å². The van der Waals surface area contributed by atoms with Gasteiger partial charge in [-0.3, -0.25) is 9.59 Å². The van der Waals surface area contributed by atoms with E-state index < -0.39 is 0 Å².